The average molecular weight is 242 g/mol. The summed E-state index contributed by atoms with van der Waals surface area (Å²) in [6, 6.07) is 0. The lowest BCUT2D eigenvalue weighted by molar-refractivity contribution is 0.0533. The van der Waals surface area contributed by atoms with Crippen molar-refractivity contribution in [2.45, 2.75) is 32.5 Å². The summed E-state index contributed by atoms with van der Waals surface area (Å²) in [6.07, 6.45) is -0.423. The van der Waals surface area contributed by atoms with Crippen LogP contribution in [0.2, 0.25) is 0 Å². The summed E-state index contributed by atoms with van der Waals surface area (Å²) in [4.78, 5) is 16.6. The normalized spacial score (nSPS) is 27.1. The fourth-order valence-corrected chi connectivity index (χ4v) is 1.79. The van der Waals surface area contributed by atoms with Gasteiger partial charge in [-0.15, -0.1) is 0 Å². The van der Waals surface area contributed by atoms with E-state index in [1.165, 1.54) is 0 Å². The molecule has 2 aliphatic heterocycles. The van der Waals surface area contributed by atoms with E-state index in [2.05, 4.69) is 10.5 Å². The highest BCUT2D eigenvalue weighted by atomic mass is 16.7. The third kappa shape index (κ3) is 3.09. The zero-order valence-electron chi connectivity index (χ0n) is 10.4. The van der Waals surface area contributed by atoms with E-state index in [1.807, 2.05) is 20.8 Å². The Kier molecular flexibility index (Phi) is 3.24. The van der Waals surface area contributed by atoms with E-state index in [9.17, 15) is 4.79 Å². The lowest BCUT2D eigenvalue weighted by Crippen LogP contribution is -2.37. The molecule has 0 bridgehead atoms. The molecular weight excluding hydrogens is 224 g/mol. The Bertz CT molecular complexity index is 335. The number of alkyl carbamates (subject to hydrolysis) is 1. The zero-order valence-corrected chi connectivity index (χ0v) is 10.4. The minimum absolute atomic E-state index is 0.0189. The van der Waals surface area contributed by atoms with Gasteiger partial charge in [-0.25, -0.2) is 4.79 Å². The van der Waals surface area contributed by atoms with Crippen LogP contribution in [0, 0.1) is 5.92 Å². The van der Waals surface area contributed by atoms with Gasteiger partial charge in [0.15, 0.2) is 6.10 Å². The highest BCUT2D eigenvalue weighted by molar-refractivity contribution is 5.92. The van der Waals surface area contributed by atoms with Crippen LogP contribution in [0.5, 0.6) is 0 Å². The van der Waals surface area contributed by atoms with Crippen LogP contribution >= 0.6 is 0 Å². The third-order valence-electron chi connectivity index (χ3n) is 2.57. The van der Waals surface area contributed by atoms with Gasteiger partial charge in [0.1, 0.15) is 5.60 Å². The molecule has 0 aromatic heterocycles. The number of amides is 1. The minimum atomic E-state index is -0.489. The van der Waals surface area contributed by atoms with Crippen molar-refractivity contribution in [2.24, 2.45) is 11.1 Å². The van der Waals surface area contributed by atoms with Crippen LogP contribution in [0.15, 0.2) is 5.16 Å². The summed E-state index contributed by atoms with van der Waals surface area (Å²) < 4.78 is 10.4. The number of fused-ring (bicyclic) bond motifs is 1. The van der Waals surface area contributed by atoms with E-state index < -0.39 is 11.7 Å². The quantitative estimate of drug-likeness (QED) is 0.781. The number of carbonyl (C=O) groups is 1. The Morgan fingerprint density at radius 2 is 2.29 bits per heavy atom. The first kappa shape index (κ1) is 12.2. The second-order valence-electron chi connectivity index (χ2n) is 5.23. The topological polar surface area (TPSA) is 69.2 Å². The molecular formula is C11H18N2O4. The van der Waals surface area contributed by atoms with E-state index in [1.54, 1.807) is 0 Å². The molecule has 2 heterocycles. The van der Waals surface area contributed by atoms with Crippen LogP contribution in [0.3, 0.4) is 0 Å². The molecule has 6 heteroatoms. The van der Waals surface area contributed by atoms with Gasteiger partial charge < -0.3 is 19.6 Å². The Balaban J connectivity index is 1.77. The van der Waals surface area contributed by atoms with Crippen LogP contribution in [-0.2, 0) is 14.3 Å². The summed E-state index contributed by atoms with van der Waals surface area (Å²) in [6.45, 7) is 7.00. The predicted molar refractivity (Wildman–Crippen MR) is 60.9 cm³/mol. The lowest BCUT2D eigenvalue weighted by atomic mass is 10.0. The van der Waals surface area contributed by atoms with Gasteiger partial charge >= 0.3 is 6.09 Å². The minimum Gasteiger partial charge on any atom is -0.444 e. The van der Waals surface area contributed by atoms with Crippen molar-refractivity contribution in [1.29, 1.82) is 0 Å². The molecule has 2 atom stereocenters. The van der Waals surface area contributed by atoms with Gasteiger partial charge in [0.25, 0.3) is 0 Å². The number of oxime groups is 1. The molecule has 2 aliphatic rings. The maximum atomic E-state index is 11.4. The summed E-state index contributed by atoms with van der Waals surface area (Å²) in [5.41, 5.74) is 0.329. The molecule has 0 radical (unpaired) electrons. The molecule has 0 aliphatic carbocycles. The molecule has 0 aromatic carbocycles. The van der Waals surface area contributed by atoms with Gasteiger partial charge in [-0.05, 0) is 20.8 Å². The molecule has 0 aromatic rings. The van der Waals surface area contributed by atoms with Gasteiger partial charge in [0.2, 0.25) is 0 Å². The predicted octanol–water partition coefficient (Wildman–Crippen LogP) is 0.912. The Labute approximate surface area is 100 Å². The van der Waals surface area contributed by atoms with Crippen molar-refractivity contribution >= 4 is 11.8 Å². The molecule has 96 valence electrons. The van der Waals surface area contributed by atoms with Crippen LogP contribution in [-0.4, -0.2) is 43.3 Å². The molecule has 1 saturated heterocycles. The first-order valence-corrected chi connectivity index (χ1v) is 5.73. The molecule has 1 amide bonds. The van der Waals surface area contributed by atoms with Crippen molar-refractivity contribution in [3.8, 4) is 0 Å². The highest BCUT2D eigenvalue weighted by Gasteiger charge is 2.39. The van der Waals surface area contributed by atoms with Crippen molar-refractivity contribution in [3.63, 3.8) is 0 Å². The van der Waals surface area contributed by atoms with Crippen molar-refractivity contribution in [2.75, 3.05) is 19.8 Å². The van der Waals surface area contributed by atoms with Crippen LogP contribution < -0.4 is 5.32 Å². The Morgan fingerprint density at radius 1 is 1.53 bits per heavy atom. The fraction of sp³-hybridized carbons (Fsp3) is 0.818. The largest absolute Gasteiger partial charge is 0.444 e. The number of rotatable bonds is 2. The second-order valence-corrected chi connectivity index (χ2v) is 5.23. The standard InChI is InChI=1S/C11H18N2O4/c1-11(2,3)16-10(14)12-4-8-7-5-15-6-9(7)17-13-8/h7,9H,4-6H2,1-3H3,(H,12,14)/t7-,9-/m1/s1. The molecule has 1 N–H and O–H groups in total. The number of ether oxygens (including phenoxy) is 2. The Hall–Kier alpha value is -1.30. The van der Waals surface area contributed by atoms with E-state index in [-0.39, 0.29) is 12.0 Å². The number of nitrogens with one attached hydrogen (secondary N) is 1. The molecule has 1 fully saturated rings. The van der Waals surface area contributed by atoms with E-state index in [0.717, 1.165) is 5.71 Å². The molecule has 0 saturated carbocycles. The van der Waals surface area contributed by atoms with Gasteiger partial charge in [-0.2, -0.15) is 0 Å². The van der Waals surface area contributed by atoms with Crippen molar-refractivity contribution in [3.05, 3.63) is 0 Å². The average Bonchev–Trinajstić information content (AvgIpc) is 2.73. The monoisotopic (exact) mass is 242 g/mol. The SMILES string of the molecule is CC(C)(C)OC(=O)NCC1=NO[C@@H]2COC[C@H]12. The highest BCUT2D eigenvalue weighted by Crippen LogP contribution is 2.24. The van der Waals surface area contributed by atoms with Gasteiger partial charge in [0, 0.05) is 0 Å². The molecule has 0 unspecified atom stereocenters. The number of nitrogens with zero attached hydrogens (tertiary/aromatic N) is 1. The zero-order chi connectivity index (χ0) is 12.5. The van der Waals surface area contributed by atoms with Crippen LogP contribution in [0.1, 0.15) is 20.8 Å². The van der Waals surface area contributed by atoms with Gasteiger partial charge in [0.05, 0.1) is 31.4 Å². The van der Waals surface area contributed by atoms with E-state index in [4.69, 9.17) is 14.3 Å². The fourth-order valence-electron chi connectivity index (χ4n) is 1.79. The molecule has 6 nitrogen and oxygen atoms in total. The third-order valence-corrected chi connectivity index (χ3v) is 2.57. The second kappa shape index (κ2) is 4.52. The van der Waals surface area contributed by atoms with Crippen molar-refractivity contribution in [1.82, 2.24) is 5.32 Å². The summed E-state index contributed by atoms with van der Waals surface area (Å²) in [7, 11) is 0. The lowest BCUT2D eigenvalue weighted by Gasteiger charge is -2.19. The van der Waals surface area contributed by atoms with Gasteiger partial charge in [-0.1, -0.05) is 5.16 Å². The molecule has 17 heavy (non-hydrogen) atoms. The van der Waals surface area contributed by atoms with Crippen LogP contribution in [0.4, 0.5) is 4.79 Å². The molecule has 0 spiro atoms. The summed E-state index contributed by atoms with van der Waals surface area (Å²) >= 11 is 0. The first-order chi connectivity index (χ1) is 7.96. The maximum Gasteiger partial charge on any atom is 0.407 e. The number of hydrogen-bond acceptors (Lipinski definition) is 5. The number of hydrogen-bond donors (Lipinski definition) is 1. The number of carbonyl (C=O) groups excluding carboxylic acids is 1. The molecule has 2 rings (SSSR count). The van der Waals surface area contributed by atoms with E-state index in [0.29, 0.717) is 19.8 Å². The van der Waals surface area contributed by atoms with Gasteiger partial charge in [-0.3, -0.25) is 0 Å². The summed E-state index contributed by atoms with van der Waals surface area (Å²) in [5.74, 6) is 0.171. The maximum absolute atomic E-state index is 11.4. The first-order valence-electron chi connectivity index (χ1n) is 5.73. The van der Waals surface area contributed by atoms with Crippen molar-refractivity contribution < 1.29 is 19.1 Å². The summed E-state index contributed by atoms with van der Waals surface area (Å²) in [5, 5.41) is 6.62. The van der Waals surface area contributed by atoms with E-state index >= 15 is 0 Å². The Morgan fingerprint density at radius 3 is 3.00 bits per heavy atom. The smallest absolute Gasteiger partial charge is 0.407 e. The van der Waals surface area contributed by atoms with Crippen LogP contribution in [0.25, 0.3) is 0 Å².